The Balaban J connectivity index is 1.82. The van der Waals surface area contributed by atoms with Crippen LogP contribution in [0.2, 0.25) is 0 Å². The maximum absolute atomic E-state index is 11.2. The summed E-state index contributed by atoms with van der Waals surface area (Å²) in [4.78, 5) is 7.97. The van der Waals surface area contributed by atoms with Crippen molar-refractivity contribution in [3.8, 4) is 16.9 Å². The van der Waals surface area contributed by atoms with Crippen molar-refractivity contribution in [2.75, 3.05) is 5.32 Å². The van der Waals surface area contributed by atoms with Gasteiger partial charge in [-0.2, -0.15) is 0 Å². The Morgan fingerprint density at radius 3 is 2.19 bits per heavy atom. The zero-order valence-corrected chi connectivity index (χ0v) is 19.7. The summed E-state index contributed by atoms with van der Waals surface area (Å²) in [5.74, 6) is 0.407. The van der Waals surface area contributed by atoms with Crippen molar-refractivity contribution < 1.29 is 5.11 Å². The molecule has 1 unspecified atom stereocenters. The van der Waals surface area contributed by atoms with E-state index in [-0.39, 0.29) is 16.9 Å². The number of nitrogens with one attached hydrogen (secondary N) is 2. The first kappa shape index (κ1) is 20.6. The van der Waals surface area contributed by atoms with E-state index in [1.165, 1.54) is 16.7 Å². The second-order valence-corrected chi connectivity index (χ2v) is 10.9. The molecule has 4 aromatic rings. The van der Waals surface area contributed by atoms with Crippen LogP contribution >= 0.6 is 0 Å². The minimum absolute atomic E-state index is 0.0712. The number of rotatable bonds is 1. The maximum Gasteiger partial charge on any atom is 0.138 e. The number of aromatic hydroxyl groups is 1. The second kappa shape index (κ2) is 6.86. The number of nitrogens with zero attached hydrogens (tertiary/aromatic N) is 1. The highest BCUT2D eigenvalue weighted by Crippen LogP contribution is 2.46. The quantitative estimate of drug-likeness (QED) is 0.306. The standard InChI is InChI=1S/C28H31N3O/c1-27(2,3)20-13-16(14-21(25(20)32)28(4,5)6)24-19-15-30-26-23(19)18(11-12-29-26)17-9-7-8-10-22(17)31-24/h7-15,24,31-32H,1-6H3,(H,29,30). The summed E-state index contributed by atoms with van der Waals surface area (Å²) < 4.78 is 0. The number of aromatic amines is 1. The molecule has 3 heterocycles. The van der Waals surface area contributed by atoms with Crippen LogP contribution in [0.15, 0.2) is 54.9 Å². The molecule has 0 saturated carbocycles. The Hall–Kier alpha value is -3.27. The van der Waals surface area contributed by atoms with Gasteiger partial charge in [-0.1, -0.05) is 59.7 Å². The van der Waals surface area contributed by atoms with Gasteiger partial charge in [-0.15, -0.1) is 0 Å². The summed E-state index contributed by atoms with van der Waals surface area (Å²) in [6, 6.07) is 14.8. The van der Waals surface area contributed by atoms with Crippen LogP contribution < -0.4 is 5.32 Å². The smallest absolute Gasteiger partial charge is 0.138 e. The van der Waals surface area contributed by atoms with Gasteiger partial charge < -0.3 is 15.4 Å². The topological polar surface area (TPSA) is 60.9 Å². The lowest BCUT2D eigenvalue weighted by Gasteiger charge is -2.30. The lowest BCUT2D eigenvalue weighted by Crippen LogP contribution is -2.20. The first-order chi connectivity index (χ1) is 15.1. The molecule has 0 spiro atoms. The molecule has 0 amide bonds. The minimum Gasteiger partial charge on any atom is -0.507 e. The normalized spacial score (nSPS) is 15.9. The van der Waals surface area contributed by atoms with Crippen LogP contribution in [-0.4, -0.2) is 15.1 Å². The number of aromatic nitrogens is 2. The van der Waals surface area contributed by atoms with Gasteiger partial charge in [0.25, 0.3) is 0 Å². The van der Waals surface area contributed by atoms with E-state index in [2.05, 4.69) is 105 Å². The molecular weight excluding hydrogens is 394 g/mol. The average molecular weight is 426 g/mol. The van der Waals surface area contributed by atoms with Crippen LogP contribution in [0.3, 0.4) is 0 Å². The number of fused-ring (bicyclic) bond motifs is 2. The number of pyridine rings is 1. The van der Waals surface area contributed by atoms with Gasteiger partial charge in [0.1, 0.15) is 11.4 Å². The largest absolute Gasteiger partial charge is 0.507 e. The van der Waals surface area contributed by atoms with Crippen LogP contribution in [-0.2, 0) is 10.8 Å². The predicted octanol–water partition coefficient (Wildman–Crippen LogP) is 7.05. The van der Waals surface area contributed by atoms with Gasteiger partial charge in [-0.05, 0) is 57.3 Å². The molecule has 3 N–H and O–H groups in total. The molecule has 0 aliphatic carbocycles. The number of phenols is 1. The van der Waals surface area contributed by atoms with Gasteiger partial charge >= 0.3 is 0 Å². The molecule has 0 fully saturated rings. The van der Waals surface area contributed by atoms with Crippen LogP contribution in [0.5, 0.6) is 5.75 Å². The molecule has 1 aliphatic heterocycles. The van der Waals surface area contributed by atoms with E-state index in [1.54, 1.807) is 0 Å². The summed E-state index contributed by atoms with van der Waals surface area (Å²) in [5.41, 5.74) is 8.24. The Morgan fingerprint density at radius 1 is 0.875 bits per heavy atom. The van der Waals surface area contributed by atoms with Crippen molar-refractivity contribution in [1.82, 2.24) is 9.97 Å². The fourth-order valence-corrected chi connectivity index (χ4v) is 4.84. The van der Waals surface area contributed by atoms with Crippen molar-refractivity contribution >= 4 is 16.7 Å². The highest BCUT2D eigenvalue weighted by molar-refractivity contribution is 6.01. The molecule has 4 nitrogen and oxygen atoms in total. The molecule has 0 bridgehead atoms. The summed E-state index contributed by atoms with van der Waals surface area (Å²) in [6.45, 7) is 12.9. The Labute approximate surface area is 189 Å². The lowest BCUT2D eigenvalue weighted by molar-refractivity contribution is 0.422. The Bertz CT molecular complexity index is 1300. The van der Waals surface area contributed by atoms with Gasteiger partial charge in [0.15, 0.2) is 0 Å². The lowest BCUT2D eigenvalue weighted by atomic mass is 9.77. The van der Waals surface area contributed by atoms with E-state index in [9.17, 15) is 5.11 Å². The Kier molecular flexibility index (Phi) is 4.42. The number of benzene rings is 2. The molecule has 0 saturated heterocycles. The first-order valence-electron chi connectivity index (χ1n) is 11.3. The molecule has 32 heavy (non-hydrogen) atoms. The number of hydrogen-bond acceptors (Lipinski definition) is 3. The molecule has 1 aliphatic rings. The van der Waals surface area contributed by atoms with Crippen molar-refractivity contribution in [3.63, 3.8) is 0 Å². The van der Waals surface area contributed by atoms with Gasteiger partial charge in [-0.3, -0.25) is 0 Å². The van der Waals surface area contributed by atoms with E-state index >= 15 is 0 Å². The van der Waals surface area contributed by atoms with Crippen molar-refractivity contribution in [2.24, 2.45) is 0 Å². The third-order valence-corrected chi connectivity index (χ3v) is 6.51. The van der Waals surface area contributed by atoms with Crippen LogP contribution in [0, 0.1) is 0 Å². The van der Waals surface area contributed by atoms with E-state index in [1.807, 2.05) is 6.20 Å². The fraction of sp³-hybridized carbons (Fsp3) is 0.321. The summed E-state index contributed by atoms with van der Waals surface area (Å²) in [6.07, 6.45) is 3.94. The van der Waals surface area contributed by atoms with Gasteiger partial charge in [-0.25, -0.2) is 4.98 Å². The Morgan fingerprint density at radius 2 is 1.53 bits per heavy atom. The van der Waals surface area contributed by atoms with Crippen molar-refractivity contribution in [3.05, 3.63) is 77.1 Å². The van der Waals surface area contributed by atoms with Gasteiger partial charge in [0.05, 0.1) is 6.04 Å². The molecule has 1 atom stereocenters. The third-order valence-electron chi connectivity index (χ3n) is 6.51. The van der Waals surface area contributed by atoms with E-state index in [4.69, 9.17) is 0 Å². The van der Waals surface area contributed by atoms with Crippen molar-refractivity contribution in [2.45, 2.75) is 58.4 Å². The molecule has 4 heteroatoms. The molecule has 0 radical (unpaired) electrons. The van der Waals surface area contributed by atoms with Crippen LogP contribution in [0.25, 0.3) is 22.2 Å². The number of phenolic OH excluding ortho intramolecular Hbond substituents is 1. The second-order valence-electron chi connectivity index (χ2n) is 10.9. The number of hydrogen-bond donors (Lipinski definition) is 3. The van der Waals surface area contributed by atoms with Crippen LogP contribution in [0.1, 0.15) is 69.8 Å². The number of H-pyrrole nitrogens is 1. The highest BCUT2D eigenvalue weighted by atomic mass is 16.3. The fourth-order valence-electron chi connectivity index (χ4n) is 4.84. The minimum atomic E-state index is -0.185. The maximum atomic E-state index is 11.2. The summed E-state index contributed by atoms with van der Waals surface area (Å²) in [7, 11) is 0. The molecule has 2 aromatic carbocycles. The van der Waals surface area contributed by atoms with Gasteiger partial charge in [0, 0.05) is 34.6 Å². The first-order valence-corrected chi connectivity index (χ1v) is 11.3. The number of para-hydroxylation sites is 1. The van der Waals surface area contributed by atoms with Crippen molar-refractivity contribution in [1.29, 1.82) is 0 Å². The molecular formula is C28H31N3O. The highest BCUT2D eigenvalue weighted by Gasteiger charge is 2.31. The van der Waals surface area contributed by atoms with Gasteiger partial charge in [0.2, 0.25) is 0 Å². The summed E-state index contributed by atoms with van der Waals surface area (Å²) >= 11 is 0. The zero-order valence-electron chi connectivity index (χ0n) is 19.7. The molecule has 5 rings (SSSR count). The molecule has 164 valence electrons. The van der Waals surface area contributed by atoms with E-state index in [0.717, 1.165) is 33.4 Å². The monoisotopic (exact) mass is 425 g/mol. The average Bonchev–Trinajstić information content (AvgIpc) is 3.08. The predicted molar refractivity (Wildman–Crippen MR) is 133 cm³/mol. The van der Waals surface area contributed by atoms with E-state index < -0.39 is 0 Å². The van der Waals surface area contributed by atoms with Crippen LogP contribution in [0.4, 0.5) is 5.69 Å². The zero-order chi connectivity index (χ0) is 22.8. The van der Waals surface area contributed by atoms with E-state index in [0.29, 0.717) is 5.75 Å². The third kappa shape index (κ3) is 3.17. The SMILES string of the molecule is CC(C)(C)c1cc(C2Nc3ccccc3-c3ccnc4[nH]cc2c34)cc(C(C)(C)C)c1O. The summed E-state index contributed by atoms with van der Waals surface area (Å²) in [5, 5.41) is 16.2. The molecule has 2 aromatic heterocycles. The number of anilines is 1.